The molecule has 3 rings (SSSR count). The third-order valence-corrected chi connectivity index (χ3v) is 3.88. The van der Waals surface area contributed by atoms with Crippen molar-refractivity contribution >= 4 is 11.6 Å². The Balaban J connectivity index is 1.72. The predicted molar refractivity (Wildman–Crippen MR) is 69.1 cm³/mol. The number of halogens is 2. The Labute approximate surface area is 115 Å². The van der Waals surface area contributed by atoms with Gasteiger partial charge in [0.15, 0.2) is 0 Å². The molecule has 3 N–H and O–H groups in total. The van der Waals surface area contributed by atoms with Gasteiger partial charge in [0.05, 0.1) is 12.1 Å². The van der Waals surface area contributed by atoms with Crippen LogP contribution in [0.3, 0.4) is 0 Å². The largest absolute Gasteiger partial charge is 0.394 e. The Morgan fingerprint density at radius 3 is 2.50 bits per heavy atom. The fourth-order valence-corrected chi connectivity index (χ4v) is 2.62. The molecular weight excluding hydrogens is 266 g/mol. The number of anilines is 1. The zero-order valence-electron chi connectivity index (χ0n) is 10.9. The summed E-state index contributed by atoms with van der Waals surface area (Å²) >= 11 is 0. The van der Waals surface area contributed by atoms with Crippen molar-refractivity contribution in [1.82, 2.24) is 5.32 Å². The fourth-order valence-electron chi connectivity index (χ4n) is 2.62. The summed E-state index contributed by atoms with van der Waals surface area (Å²) in [7, 11) is 0. The summed E-state index contributed by atoms with van der Waals surface area (Å²) in [5.74, 6) is -1.83. The van der Waals surface area contributed by atoms with E-state index in [9.17, 15) is 13.6 Å². The lowest BCUT2D eigenvalue weighted by Crippen LogP contribution is -2.41. The molecule has 0 aromatic heterocycles. The molecular formula is C14H16F2N2O2. The van der Waals surface area contributed by atoms with Crippen molar-refractivity contribution in [1.29, 1.82) is 0 Å². The van der Waals surface area contributed by atoms with Crippen LogP contribution in [0.5, 0.6) is 0 Å². The number of amides is 1. The predicted octanol–water partition coefficient (Wildman–Crippen LogP) is 1.84. The van der Waals surface area contributed by atoms with Crippen molar-refractivity contribution in [2.24, 2.45) is 5.92 Å². The average molecular weight is 282 g/mol. The van der Waals surface area contributed by atoms with E-state index < -0.39 is 23.2 Å². The Morgan fingerprint density at radius 2 is 1.90 bits per heavy atom. The van der Waals surface area contributed by atoms with E-state index in [0.717, 1.165) is 31.4 Å². The third kappa shape index (κ3) is 2.47. The number of carbonyl (C=O) groups excluding carboxylic acids is 1. The molecule has 4 nitrogen and oxygen atoms in total. The second-order valence-corrected chi connectivity index (χ2v) is 5.40. The average Bonchev–Trinajstić information content (AvgIpc) is 3.16. The van der Waals surface area contributed by atoms with Crippen LogP contribution in [-0.2, 0) is 4.74 Å². The van der Waals surface area contributed by atoms with Crippen LogP contribution in [0, 0.1) is 17.6 Å². The number of rotatable bonds is 3. The van der Waals surface area contributed by atoms with E-state index in [2.05, 4.69) is 5.32 Å². The van der Waals surface area contributed by atoms with Crippen LogP contribution in [0.25, 0.3) is 0 Å². The van der Waals surface area contributed by atoms with Gasteiger partial charge in [-0.05, 0) is 37.3 Å². The number of carbonyl (C=O) groups is 1. The zero-order chi connectivity index (χ0) is 14.3. The van der Waals surface area contributed by atoms with Crippen molar-refractivity contribution in [2.75, 3.05) is 12.3 Å². The Bertz CT molecular complexity index is 523. The van der Waals surface area contributed by atoms with E-state index in [-0.39, 0.29) is 17.7 Å². The van der Waals surface area contributed by atoms with Crippen molar-refractivity contribution in [3.05, 3.63) is 29.3 Å². The summed E-state index contributed by atoms with van der Waals surface area (Å²) in [5.41, 5.74) is 4.56. The maximum Gasteiger partial charge on any atom is 0.251 e. The number of ether oxygens (including phenoxy) is 1. The highest BCUT2D eigenvalue weighted by molar-refractivity contribution is 5.94. The lowest BCUT2D eigenvalue weighted by atomic mass is 10.1. The van der Waals surface area contributed by atoms with Gasteiger partial charge in [0.25, 0.3) is 5.91 Å². The van der Waals surface area contributed by atoms with Crippen LogP contribution < -0.4 is 11.1 Å². The van der Waals surface area contributed by atoms with Crippen LogP contribution in [0.2, 0.25) is 0 Å². The summed E-state index contributed by atoms with van der Waals surface area (Å²) in [5, 5.41) is 2.80. The maximum atomic E-state index is 13.4. The molecule has 108 valence electrons. The van der Waals surface area contributed by atoms with Gasteiger partial charge in [-0.15, -0.1) is 0 Å². The monoisotopic (exact) mass is 282 g/mol. The molecule has 6 heteroatoms. The smallest absolute Gasteiger partial charge is 0.251 e. The molecule has 1 aromatic carbocycles. The van der Waals surface area contributed by atoms with Crippen molar-refractivity contribution in [3.8, 4) is 0 Å². The molecule has 1 aliphatic carbocycles. The van der Waals surface area contributed by atoms with Gasteiger partial charge in [0.1, 0.15) is 17.3 Å². The van der Waals surface area contributed by atoms with Crippen LogP contribution in [0.4, 0.5) is 14.5 Å². The van der Waals surface area contributed by atoms with Crippen molar-refractivity contribution in [3.63, 3.8) is 0 Å². The van der Waals surface area contributed by atoms with Gasteiger partial charge in [-0.1, -0.05) is 0 Å². The fraction of sp³-hybridized carbons (Fsp3) is 0.500. The summed E-state index contributed by atoms with van der Waals surface area (Å²) < 4.78 is 32.3. The van der Waals surface area contributed by atoms with E-state index >= 15 is 0 Å². The highest BCUT2D eigenvalue weighted by Crippen LogP contribution is 2.38. The molecule has 2 unspecified atom stereocenters. The van der Waals surface area contributed by atoms with E-state index in [1.54, 1.807) is 0 Å². The van der Waals surface area contributed by atoms with E-state index in [0.29, 0.717) is 12.5 Å². The van der Waals surface area contributed by atoms with E-state index in [1.807, 2.05) is 0 Å². The van der Waals surface area contributed by atoms with Crippen molar-refractivity contribution in [2.45, 2.75) is 31.4 Å². The van der Waals surface area contributed by atoms with Gasteiger partial charge in [-0.2, -0.15) is 0 Å². The molecule has 1 saturated heterocycles. The molecule has 1 saturated carbocycles. The van der Waals surface area contributed by atoms with Crippen molar-refractivity contribution < 1.29 is 18.3 Å². The number of nitrogens with two attached hydrogens (primary N) is 1. The summed E-state index contributed by atoms with van der Waals surface area (Å²) in [4.78, 5) is 12.1. The maximum absolute atomic E-state index is 13.4. The lowest BCUT2D eigenvalue weighted by molar-refractivity contribution is 0.0729. The van der Waals surface area contributed by atoms with E-state index in [1.165, 1.54) is 0 Å². The first-order valence-corrected chi connectivity index (χ1v) is 6.73. The topological polar surface area (TPSA) is 64.4 Å². The van der Waals surface area contributed by atoms with Gasteiger partial charge in [0.2, 0.25) is 0 Å². The van der Waals surface area contributed by atoms with Gasteiger partial charge in [-0.25, -0.2) is 8.78 Å². The number of benzene rings is 1. The summed E-state index contributed by atoms with van der Waals surface area (Å²) in [6.07, 6.45) is 2.99. The van der Waals surface area contributed by atoms with Crippen LogP contribution in [-0.4, -0.2) is 24.7 Å². The molecule has 0 radical (unpaired) electrons. The minimum atomic E-state index is -0.920. The normalized spacial score (nSPS) is 25.7. The Kier molecular flexibility index (Phi) is 3.33. The summed E-state index contributed by atoms with van der Waals surface area (Å²) in [6.45, 7) is 0.608. The molecule has 1 aromatic rings. The summed E-state index contributed by atoms with van der Waals surface area (Å²) in [6, 6.07) is 1.82. The molecule has 0 spiro atoms. The molecule has 0 bridgehead atoms. The van der Waals surface area contributed by atoms with Crippen LogP contribution in [0.15, 0.2) is 12.1 Å². The minimum absolute atomic E-state index is 0.0300. The lowest BCUT2D eigenvalue weighted by Gasteiger charge is -2.19. The van der Waals surface area contributed by atoms with Crippen LogP contribution in [0.1, 0.15) is 29.6 Å². The molecule has 2 fully saturated rings. The van der Waals surface area contributed by atoms with Gasteiger partial charge in [0, 0.05) is 12.2 Å². The molecule has 1 aliphatic heterocycles. The van der Waals surface area contributed by atoms with Crippen LogP contribution >= 0.6 is 0 Å². The first kappa shape index (κ1) is 13.3. The molecule has 1 heterocycles. The number of hydrogen-bond acceptors (Lipinski definition) is 3. The first-order valence-electron chi connectivity index (χ1n) is 6.73. The SMILES string of the molecule is Nc1c(F)cc(C(=O)NC2CCOC2C2CC2)cc1F. The second-order valence-electron chi connectivity index (χ2n) is 5.40. The zero-order valence-corrected chi connectivity index (χ0v) is 10.9. The van der Waals surface area contributed by atoms with E-state index in [4.69, 9.17) is 10.5 Å². The molecule has 2 aliphatic rings. The minimum Gasteiger partial charge on any atom is -0.394 e. The van der Waals surface area contributed by atoms with Gasteiger partial charge >= 0.3 is 0 Å². The second kappa shape index (κ2) is 5.01. The standard InChI is InChI=1S/C14H16F2N2O2/c15-9-5-8(6-10(16)12(9)17)14(19)18-11-3-4-20-13(11)7-1-2-7/h5-7,11,13H,1-4,17H2,(H,18,19). The highest BCUT2D eigenvalue weighted by Gasteiger charge is 2.41. The highest BCUT2D eigenvalue weighted by atomic mass is 19.1. The number of hydrogen-bond donors (Lipinski definition) is 2. The Morgan fingerprint density at radius 1 is 1.25 bits per heavy atom. The molecule has 2 atom stereocenters. The Hall–Kier alpha value is -1.69. The quantitative estimate of drug-likeness (QED) is 0.831. The first-order chi connectivity index (χ1) is 9.56. The number of nitrogen functional groups attached to an aromatic ring is 1. The molecule has 20 heavy (non-hydrogen) atoms. The third-order valence-electron chi connectivity index (χ3n) is 3.88. The van der Waals surface area contributed by atoms with Gasteiger partial charge < -0.3 is 15.8 Å². The molecule has 1 amide bonds. The number of nitrogens with one attached hydrogen (secondary N) is 1. The van der Waals surface area contributed by atoms with Gasteiger partial charge in [-0.3, -0.25) is 4.79 Å².